The Morgan fingerprint density at radius 1 is 1.25 bits per heavy atom. The molecule has 0 spiro atoms. The molecule has 1 atom stereocenters. The van der Waals surface area contributed by atoms with Gasteiger partial charge in [0.2, 0.25) is 0 Å². The molecule has 1 aliphatic heterocycles. The van der Waals surface area contributed by atoms with Crippen LogP contribution in [0, 0.1) is 5.92 Å². The molecular weight excluding hydrogens is 322 g/mol. The predicted octanol–water partition coefficient (Wildman–Crippen LogP) is 3.19. The van der Waals surface area contributed by atoms with Crippen LogP contribution in [0.15, 0.2) is 24.3 Å². The molecule has 0 amide bonds. The second-order valence-corrected chi connectivity index (χ2v) is 7.12. The van der Waals surface area contributed by atoms with Crippen molar-refractivity contribution in [1.29, 1.82) is 0 Å². The monoisotopic (exact) mass is 347 g/mol. The van der Waals surface area contributed by atoms with Crippen LogP contribution in [0.2, 0.25) is 5.15 Å². The summed E-state index contributed by atoms with van der Waals surface area (Å²) in [7, 11) is 1.91. The van der Waals surface area contributed by atoms with Gasteiger partial charge in [0.05, 0.1) is 12.3 Å². The summed E-state index contributed by atoms with van der Waals surface area (Å²) >= 11 is 6.42. The molecular formula is C19H26ClN3O. The maximum absolute atomic E-state index is 9.13. The smallest absolute Gasteiger partial charge is 0.131 e. The minimum Gasteiger partial charge on any atom is -0.392 e. The highest BCUT2D eigenvalue weighted by Crippen LogP contribution is 2.26. The molecule has 1 aromatic heterocycles. The Morgan fingerprint density at radius 3 is 2.62 bits per heavy atom. The Bertz CT molecular complexity index is 681. The van der Waals surface area contributed by atoms with Gasteiger partial charge in [0.15, 0.2) is 0 Å². The highest BCUT2D eigenvalue weighted by atomic mass is 35.5. The molecule has 5 heteroatoms. The number of aliphatic hydroxyl groups excluding tert-OH is 1. The Morgan fingerprint density at radius 2 is 1.96 bits per heavy atom. The van der Waals surface area contributed by atoms with E-state index in [4.69, 9.17) is 16.7 Å². The summed E-state index contributed by atoms with van der Waals surface area (Å²) in [5.74, 6) is 0.686. The molecule has 1 aromatic carbocycles. The van der Waals surface area contributed by atoms with Crippen LogP contribution in [0.4, 0.5) is 0 Å². The van der Waals surface area contributed by atoms with Gasteiger partial charge in [-0.2, -0.15) is 5.10 Å². The van der Waals surface area contributed by atoms with Crippen molar-refractivity contribution < 1.29 is 5.11 Å². The van der Waals surface area contributed by atoms with E-state index in [1.165, 1.54) is 17.5 Å². The molecule has 1 aliphatic rings. The summed E-state index contributed by atoms with van der Waals surface area (Å²) in [6, 6.07) is 8.32. The van der Waals surface area contributed by atoms with Gasteiger partial charge in [0, 0.05) is 25.7 Å². The lowest BCUT2D eigenvalue weighted by Gasteiger charge is -2.16. The zero-order chi connectivity index (χ0) is 17.1. The molecule has 0 bridgehead atoms. The maximum Gasteiger partial charge on any atom is 0.131 e. The lowest BCUT2D eigenvalue weighted by molar-refractivity contribution is 0.282. The number of likely N-dealkylation sites (tertiary alicyclic amines) is 1. The van der Waals surface area contributed by atoms with Gasteiger partial charge in [0.1, 0.15) is 5.15 Å². The Hall–Kier alpha value is -1.36. The first-order valence-corrected chi connectivity index (χ1v) is 9.09. The maximum atomic E-state index is 9.13. The number of rotatable bonds is 6. The molecule has 1 N–H and O–H groups in total. The first kappa shape index (κ1) is 17.5. The molecule has 0 unspecified atom stereocenters. The molecule has 2 heterocycles. The van der Waals surface area contributed by atoms with Crippen LogP contribution < -0.4 is 0 Å². The van der Waals surface area contributed by atoms with Gasteiger partial charge in [-0.25, -0.2) is 0 Å². The zero-order valence-electron chi connectivity index (χ0n) is 14.5. The van der Waals surface area contributed by atoms with E-state index in [2.05, 4.69) is 29.1 Å². The fourth-order valence-corrected chi connectivity index (χ4v) is 3.81. The van der Waals surface area contributed by atoms with Crippen LogP contribution >= 0.6 is 11.6 Å². The average Bonchev–Trinajstić information content (AvgIpc) is 3.15. The zero-order valence-corrected chi connectivity index (χ0v) is 15.3. The van der Waals surface area contributed by atoms with Crippen molar-refractivity contribution in [3.05, 3.63) is 51.8 Å². The normalized spacial score (nSPS) is 18.4. The summed E-state index contributed by atoms with van der Waals surface area (Å²) < 4.78 is 1.78. The summed E-state index contributed by atoms with van der Waals surface area (Å²) in [5.41, 5.74) is 4.64. The van der Waals surface area contributed by atoms with Gasteiger partial charge >= 0.3 is 0 Å². The molecule has 0 saturated carbocycles. The molecule has 24 heavy (non-hydrogen) atoms. The van der Waals surface area contributed by atoms with Crippen LogP contribution in [0.3, 0.4) is 0 Å². The van der Waals surface area contributed by atoms with E-state index >= 15 is 0 Å². The van der Waals surface area contributed by atoms with Crippen molar-refractivity contribution in [2.45, 2.75) is 39.3 Å². The van der Waals surface area contributed by atoms with Crippen molar-refractivity contribution in [2.75, 3.05) is 13.1 Å². The number of benzene rings is 1. The molecule has 0 radical (unpaired) electrons. The predicted molar refractivity (Wildman–Crippen MR) is 97.0 cm³/mol. The van der Waals surface area contributed by atoms with E-state index in [0.717, 1.165) is 48.9 Å². The lowest BCUT2D eigenvalue weighted by Crippen LogP contribution is -2.21. The minimum absolute atomic E-state index is 0.114. The van der Waals surface area contributed by atoms with Gasteiger partial charge in [-0.3, -0.25) is 9.58 Å². The van der Waals surface area contributed by atoms with E-state index in [1.54, 1.807) is 4.68 Å². The van der Waals surface area contributed by atoms with Crippen molar-refractivity contribution >= 4 is 11.6 Å². The largest absolute Gasteiger partial charge is 0.392 e. The molecule has 4 nitrogen and oxygen atoms in total. The number of nitrogens with zero attached hydrogens (tertiary/aromatic N) is 3. The van der Waals surface area contributed by atoms with Crippen LogP contribution in [0.5, 0.6) is 0 Å². The first-order chi connectivity index (χ1) is 11.6. The SMILES string of the molecule is CCc1nn(C)c(Cl)c1CN1CC[C@@H](Cc2ccc(CO)cc2)C1. The molecule has 1 saturated heterocycles. The topological polar surface area (TPSA) is 41.3 Å². The Balaban J connectivity index is 1.59. The van der Waals surface area contributed by atoms with Gasteiger partial charge in [-0.1, -0.05) is 42.8 Å². The second-order valence-electron chi connectivity index (χ2n) is 6.76. The molecule has 130 valence electrons. The highest BCUT2D eigenvalue weighted by molar-refractivity contribution is 6.30. The third kappa shape index (κ3) is 3.82. The van der Waals surface area contributed by atoms with E-state index in [-0.39, 0.29) is 6.61 Å². The van der Waals surface area contributed by atoms with E-state index in [0.29, 0.717) is 5.92 Å². The fourth-order valence-electron chi connectivity index (χ4n) is 3.60. The van der Waals surface area contributed by atoms with Gasteiger partial charge in [-0.05, 0) is 42.9 Å². The van der Waals surface area contributed by atoms with E-state index in [1.807, 2.05) is 19.2 Å². The summed E-state index contributed by atoms with van der Waals surface area (Å²) in [6.45, 7) is 5.37. The highest BCUT2D eigenvalue weighted by Gasteiger charge is 2.25. The van der Waals surface area contributed by atoms with Crippen LogP contribution in [0.25, 0.3) is 0 Å². The third-order valence-corrected chi connectivity index (χ3v) is 5.44. The summed E-state index contributed by atoms with van der Waals surface area (Å²) in [5, 5.41) is 14.4. The number of aryl methyl sites for hydroxylation is 2. The van der Waals surface area contributed by atoms with Crippen LogP contribution in [-0.2, 0) is 33.0 Å². The van der Waals surface area contributed by atoms with E-state index < -0.39 is 0 Å². The number of hydrogen-bond donors (Lipinski definition) is 1. The summed E-state index contributed by atoms with van der Waals surface area (Å²) in [6.07, 6.45) is 3.25. The minimum atomic E-state index is 0.114. The molecule has 3 rings (SSSR count). The van der Waals surface area contributed by atoms with Gasteiger partial charge in [-0.15, -0.1) is 0 Å². The van der Waals surface area contributed by atoms with Crippen LogP contribution in [-0.4, -0.2) is 32.9 Å². The second kappa shape index (κ2) is 7.68. The van der Waals surface area contributed by atoms with Crippen molar-refractivity contribution in [1.82, 2.24) is 14.7 Å². The van der Waals surface area contributed by atoms with Crippen molar-refractivity contribution in [3.8, 4) is 0 Å². The first-order valence-electron chi connectivity index (χ1n) is 8.72. The van der Waals surface area contributed by atoms with E-state index in [9.17, 15) is 0 Å². The number of hydrogen-bond acceptors (Lipinski definition) is 3. The number of halogens is 1. The molecule has 0 aliphatic carbocycles. The van der Waals surface area contributed by atoms with Crippen molar-refractivity contribution in [3.63, 3.8) is 0 Å². The lowest BCUT2D eigenvalue weighted by atomic mass is 9.98. The van der Waals surface area contributed by atoms with Crippen molar-refractivity contribution in [2.24, 2.45) is 13.0 Å². The van der Waals surface area contributed by atoms with Gasteiger partial charge in [0.25, 0.3) is 0 Å². The number of aliphatic hydroxyl groups is 1. The third-order valence-electron chi connectivity index (χ3n) is 4.97. The van der Waals surface area contributed by atoms with Gasteiger partial charge < -0.3 is 5.11 Å². The quantitative estimate of drug-likeness (QED) is 0.872. The fraction of sp³-hybridized carbons (Fsp3) is 0.526. The number of aromatic nitrogens is 2. The Kier molecular flexibility index (Phi) is 5.59. The Labute approximate surface area is 149 Å². The standard InChI is InChI=1S/C19H26ClN3O/c1-3-18-17(19(20)22(2)21-18)12-23-9-8-16(11-23)10-14-4-6-15(13-24)7-5-14/h4-7,16,24H,3,8-13H2,1-2H3/t16-/m0/s1. The van der Waals surface area contributed by atoms with Crippen LogP contribution in [0.1, 0.15) is 35.7 Å². The average molecular weight is 348 g/mol. The summed E-state index contributed by atoms with van der Waals surface area (Å²) in [4.78, 5) is 2.49. The molecule has 1 fully saturated rings. The molecule has 2 aromatic rings.